The van der Waals surface area contributed by atoms with Crippen LogP contribution in [-0.2, 0) is 11.2 Å². The number of para-hydroxylation sites is 1. The lowest BCUT2D eigenvalue weighted by Crippen LogP contribution is -2.39. The fourth-order valence-corrected chi connectivity index (χ4v) is 4.08. The molecule has 0 spiro atoms. The first kappa shape index (κ1) is 22.7. The van der Waals surface area contributed by atoms with E-state index in [0.29, 0.717) is 31.7 Å². The number of aryl methyl sites for hydroxylation is 3. The average molecular weight is 447 g/mol. The topological polar surface area (TPSA) is 75.6 Å². The Morgan fingerprint density at radius 1 is 0.909 bits per heavy atom. The van der Waals surface area contributed by atoms with Crippen LogP contribution in [0.5, 0.6) is 5.75 Å². The van der Waals surface area contributed by atoms with Crippen molar-refractivity contribution in [1.82, 2.24) is 19.8 Å². The molecule has 172 valence electrons. The summed E-state index contributed by atoms with van der Waals surface area (Å²) in [6.07, 6.45) is 1.58. The maximum absolute atomic E-state index is 13.2. The second-order valence-corrected chi connectivity index (χ2v) is 8.37. The van der Waals surface area contributed by atoms with Gasteiger partial charge < -0.3 is 14.5 Å². The molecule has 3 aromatic rings. The Morgan fingerprint density at radius 2 is 1.61 bits per heavy atom. The monoisotopic (exact) mass is 446 g/mol. The molecule has 7 nitrogen and oxygen atoms in total. The molecule has 0 atom stereocenters. The lowest BCUT2D eigenvalue weighted by atomic mass is 10.1. The molecule has 2 heterocycles. The highest BCUT2D eigenvalue weighted by Crippen LogP contribution is 2.19. The van der Waals surface area contributed by atoms with Gasteiger partial charge in [-0.3, -0.25) is 9.59 Å². The van der Waals surface area contributed by atoms with E-state index >= 15 is 0 Å². The fourth-order valence-electron chi connectivity index (χ4n) is 4.08. The largest absolute Gasteiger partial charge is 0.483 e. The van der Waals surface area contributed by atoms with Gasteiger partial charge in [0.05, 0.1) is 22.4 Å². The number of benzene rings is 2. The third kappa shape index (κ3) is 5.13. The van der Waals surface area contributed by atoms with Gasteiger partial charge in [-0.2, -0.15) is 0 Å². The van der Waals surface area contributed by atoms with Gasteiger partial charge >= 0.3 is 0 Å². The molecular formula is C26H30N4O3. The third-order valence-electron chi connectivity index (χ3n) is 6.16. The van der Waals surface area contributed by atoms with Crippen LogP contribution in [0.2, 0.25) is 0 Å². The summed E-state index contributed by atoms with van der Waals surface area (Å²) in [6.45, 7) is 8.13. The second-order valence-electron chi connectivity index (χ2n) is 8.37. The van der Waals surface area contributed by atoms with Crippen molar-refractivity contribution in [3.8, 4) is 5.75 Å². The first-order valence-corrected chi connectivity index (χ1v) is 11.5. The van der Waals surface area contributed by atoms with Crippen molar-refractivity contribution in [3.05, 3.63) is 65.0 Å². The number of ether oxygens (including phenoxy) is 1. The lowest BCUT2D eigenvalue weighted by Gasteiger charge is -2.22. The molecule has 0 bridgehead atoms. The Balaban J connectivity index is 1.38. The van der Waals surface area contributed by atoms with Crippen molar-refractivity contribution in [2.45, 2.75) is 33.6 Å². The van der Waals surface area contributed by atoms with Gasteiger partial charge in [0, 0.05) is 31.7 Å². The maximum atomic E-state index is 13.2. The van der Waals surface area contributed by atoms with Gasteiger partial charge in [0.2, 0.25) is 0 Å². The molecule has 0 N–H and O–H groups in total. The fraction of sp³-hybridized carbons (Fsp3) is 0.385. The number of carbonyl (C=O) groups excluding carboxylic acids is 2. The van der Waals surface area contributed by atoms with Gasteiger partial charge in [-0.1, -0.05) is 25.1 Å². The molecule has 33 heavy (non-hydrogen) atoms. The number of fused-ring (bicyclic) bond motifs is 1. The van der Waals surface area contributed by atoms with Gasteiger partial charge in [-0.15, -0.1) is 0 Å². The van der Waals surface area contributed by atoms with Crippen molar-refractivity contribution in [2.75, 3.05) is 32.8 Å². The summed E-state index contributed by atoms with van der Waals surface area (Å²) in [5.74, 6) is 0.659. The SMILES string of the molecule is CCc1ccccc1OCC(=O)N1CCCN(C(=O)c2ccc3nc(C)c(C)nc3c2)CC1. The summed E-state index contributed by atoms with van der Waals surface area (Å²) in [5, 5.41) is 0. The Bertz CT molecular complexity index is 1180. The average Bonchev–Trinajstić information content (AvgIpc) is 3.09. The minimum atomic E-state index is -0.0537. The van der Waals surface area contributed by atoms with E-state index in [2.05, 4.69) is 16.9 Å². The molecular weight excluding hydrogens is 416 g/mol. The first-order chi connectivity index (χ1) is 16.0. The molecule has 2 amide bonds. The number of hydrogen-bond donors (Lipinski definition) is 0. The van der Waals surface area contributed by atoms with Crippen LogP contribution in [0.3, 0.4) is 0 Å². The number of carbonyl (C=O) groups is 2. The quantitative estimate of drug-likeness (QED) is 0.599. The standard InChI is InChI=1S/C26H30N4O3/c1-4-20-8-5-6-9-24(20)33-17-25(31)29-12-7-13-30(15-14-29)26(32)21-10-11-22-23(16-21)28-19(3)18(2)27-22/h5-6,8-11,16H,4,7,12-15,17H2,1-3H3. The molecule has 4 rings (SSSR count). The Labute approximate surface area is 194 Å². The van der Waals surface area contributed by atoms with Crippen LogP contribution in [0.4, 0.5) is 0 Å². The van der Waals surface area contributed by atoms with Gasteiger partial charge in [0.25, 0.3) is 11.8 Å². The van der Waals surface area contributed by atoms with Gasteiger partial charge in [0.1, 0.15) is 5.75 Å². The zero-order valence-corrected chi connectivity index (χ0v) is 19.5. The normalized spacial score (nSPS) is 14.3. The van der Waals surface area contributed by atoms with E-state index in [1.807, 2.05) is 55.1 Å². The molecule has 0 saturated carbocycles. The molecule has 0 radical (unpaired) electrons. The van der Waals surface area contributed by atoms with E-state index in [9.17, 15) is 9.59 Å². The van der Waals surface area contributed by atoms with Crippen molar-refractivity contribution < 1.29 is 14.3 Å². The Kier molecular flexibility index (Phi) is 6.87. The first-order valence-electron chi connectivity index (χ1n) is 11.5. The van der Waals surface area contributed by atoms with Crippen LogP contribution in [0.1, 0.15) is 40.7 Å². The molecule has 1 fully saturated rings. The van der Waals surface area contributed by atoms with Crippen molar-refractivity contribution in [1.29, 1.82) is 0 Å². The smallest absolute Gasteiger partial charge is 0.260 e. The van der Waals surface area contributed by atoms with Crippen LogP contribution in [-0.4, -0.2) is 64.4 Å². The van der Waals surface area contributed by atoms with E-state index < -0.39 is 0 Å². The molecule has 1 aliphatic rings. The highest BCUT2D eigenvalue weighted by Gasteiger charge is 2.23. The van der Waals surface area contributed by atoms with Crippen LogP contribution < -0.4 is 4.74 Å². The Hall–Kier alpha value is -3.48. The van der Waals surface area contributed by atoms with Gasteiger partial charge in [-0.05, 0) is 56.5 Å². The number of amides is 2. The molecule has 0 aliphatic carbocycles. The summed E-state index contributed by atoms with van der Waals surface area (Å²) in [6, 6.07) is 13.3. The lowest BCUT2D eigenvalue weighted by molar-refractivity contribution is -0.133. The van der Waals surface area contributed by atoms with Gasteiger partial charge in [0.15, 0.2) is 6.61 Å². The van der Waals surface area contributed by atoms with E-state index in [4.69, 9.17) is 4.74 Å². The summed E-state index contributed by atoms with van der Waals surface area (Å²) >= 11 is 0. The summed E-state index contributed by atoms with van der Waals surface area (Å²) in [7, 11) is 0. The number of nitrogens with zero attached hydrogens (tertiary/aromatic N) is 4. The molecule has 7 heteroatoms. The second kappa shape index (κ2) is 9.98. The molecule has 1 aliphatic heterocycles. The molecule has 0 unspecified atom stereocenters. The minimum Gasteiger partial charge on any atom is -0.483 e. The molecule has 2 aromatic carbocycles. The number of aromatic nitrogens is 2. The zero-order chi connectivity index (χ0) is 23.4. The summed E-state index contributed by atoms with van der Waals surface area (Å²) < 4.78 is 5.80. The van der Waals surface area contributed by atoms with Crippen LogP contribution in [0.15, 0.2) is 42.5 Å². The van der Waals surface area contributed by atoms with Gasteiger partial charge in [-0.25, -0.2) is 9.97 Å². The van der Waals surface area contributed by atoms with E-state index in [0.717, 1.165) is 46.6 Å². The maximum Gasteiger partial charge on any atom is 0.260 e. The molecule has 1 aromatic heterocycles. The highest BCUT2D eigenvalue weighted by molar-refractivity contribution is 5.97. The van der Waals surface area contributed by atoms with Crippen LogP contribution in [0, 0.1) is 13.8 Å². The van der Waals surface area contributed by atoms with Crippen molar-refractivity contribution in [3.63, 3.8) is 0 Å². The van der Waals surface area contributed by atoms with E-state index in [1.165, 1.54) is 0 Å². The van der Waals surface area contributed by atoms with E-state index in [1.54, 1.807) is 11.0 Å². The third-order valence-corrected chi connectivity index (χ3v) is 6.16. The van der Waals surface area contributed by atoms with Crippen LogP contribution >= 0.6 is 0 Å². The predicted octanol–water partition coefficient (Wildman–Crippen LogP) is 3.56. The van der Waals surface area contributed by atoms with E-state index in [-0.39, 0.29) is 18.4 Å². The van der Waals surface area contributed by atoms with Crippen molar-refractivity contribution >= 4 is 22.8 Å². The summed E-state index contributed by atoms with van der Waals surface area (Å²) in [4.78, 5) is 38.6. The zero-order valence-electron chi connectivity index (χ0n) is 19.5. The number of rotatable bonds is 5. The summed E-state index contributed by atoms with van der Waals surface area (Å²) in [5.41, 5.74) is 4.94. The Morgan fingerprint density at radius 3 is 2.39 bits per heavy atom. The molecule has 1 saturated heterocycles. The highest BCUT2D eigenvalue weighted by atomic mass is 16.5. The number of hydrogen-bond acceptors (Lipinski definition) is 5. The minimum absolute atomic E-state index is 0.00702. The van der Waals surface area contributed by atoms with Crippen LogP contribution in [0.25, 0.3) is 11.0 Å². The predicted molar refractivity (Wildman–Crippen MR) is 127 cm³/mol. The van der Waals surface area contributed by atoms with Crippen molar-refractivity contribution in [2.24, 2.45) is 0 Å².